The summed E-state index contributed by atoms with van der Waals surface area (Å²) in [6.45, 7) is 8.24. The van der Waals surface area contributed by atoms with Gasteiger partial charge in [-0.05, 0) is 86.0 Å². The maximum Gasteiger partial charge on any atom is 0.217 e. The normalized spacial score (nSPS) is 19.5. The van der Waals surface area contributed by atoms with Gasteiger partial charge < -0.3 is 20.1 Å². The molecule has 0 saturated heterocycles. The Morgan fingerprint density at radius 1 is 1.23 bits per heavy atom. The van der Waals surface area contributed by atoms with Gasteiger partial charge in [0.1, 0.15) is 11.4 Å². The van der Waals surface area contributed by atoms with Gasteiger partial charge in [-0.1, -0.05) is 39.0 Å². The smallest absolute Gasteiger partial charge is 0.217 e. The molecule has 3 aromatic rings. The van der Waals surface area contributed by atoms with E-state index in [-0.39, 0.29) is 28.9 Å². The first-order valence-corrected chi connectivity index (χ1v) is 14.3. The summed E-state index contributed by atoms with van der Waals surface area (Å²) in [4.78, 5) is 24.4. The third-order valence-electron chi connectivity index (χ3n) is 8.12. The largest absolute Gasteiger partial charge is 0.471 e. The number of pyridine rings is 1. The minimum Gasteiger partial charge on any atom is -0.471 e. The van der Waals surface area contributed by atoms with E-state index in [9.17, 15) is 9.90 Å². The lowest BCUT2D eigenvalue weighted by atomic mass is 9.70. The summed E-state index contributed by atoms with van der Waals surface area (Å²) in [5.74, 6) is 1.71. The molecule has 1 aromatic carbocycles. The first-order chi connectivity index (χ1) is 18.6. The van der Waals surface area contributed by atoms with Crippen LogP contribution < -0.4 is 10.1 Å². The highest BCUT2D eigenvalue weighted by molar-refractivity contribution is 5.73. The molecular weight excluding hydrogens is 488 g/mol. The Hall–Kier alpha value is -3.19. The zero-order valence-electron chi connectivity index (χ0n) is 23.7. The molecule has 0 radical (unpaired) electrons. The molecule has 208 valence electrons. The Balaban J connectivity index is 1.31. The molecule has 0 bridgehead atoms. The number of fused-ring (bicyclic) bond motifs is 1. The molecule has 1 amide bonds. The Labute approximate surface area is 231 Å². The third kappa shape index (κ3) is 6.70. The van der Waals surface area contributed by atoms with Crippen LogP contribution in [-0.2, 0) is 17.6 Å². The van der Waals surface area contributed by atoms with Gasteiger partial charge in [-0.3, -0.25) is 4.79 Å². The van der Waals surface area contributed by atoms with Crippen molar-refractivity contribution in [3.8, 4) is 17.3 Å². The summed E-state index contributed by atoms with van der Waals surface area (Å²) in [7, 11) is 0. The van der Waals surface area contributed by atoms with E-state index in [1.165, 1.54) is 24.5 Å². The second kappa shape index (κ2) is 11.1. The number of H-pyrrole nitrogens is 1. The van der Waals surface area contributed by atoms with Gasteiger partial charge in [0.05, 0.1) is 12.1 Å². The fourth-order valence-corrected chi connectivity index (χ4v) is 6.18. The predicted octanol–water partition coefficient (Wildman–Crippen LogP) is 5.74. The minimum atomic E-state index is -0.671. The molecule has 7 nitrogen and oxygen atoms in total. The van der Waals surface area contributed by atoms with Gasteiger partial charge in [0.2, 0.25) is 11.8 Å². The monoisotopic (exact) mass is 530 g/mol. The third-order valence-corrected chi connectivity index (χ3v) is 8.12. The van der Waals surface area contributed by atoms with Gasteiger partial charge in [-0.2, -0.15) is 0 Å². The van der Waals surface area contributed by atoms with Crippen LogP contribution in [0, 0.1) is 5.41 Å². The van der Waals surface area contributed by atoms with Gasteiger partial charge in [-0.15, -0.1) is 0 Å². The van der Waals surface area contributed by atoms with Crippen molar-refractivity contribution in [3.63, 3.8) is 0 Å². The topological polar surface area (TPSA) is 100 Å². The summed E-state index contributed by atoms with van der Waals surface area (Å²) < 4.78 is 6.46. The zero-order valence-corrected chi connectivity index (χ0v) is 23.7. The number of aliphatic hydroxyl groups excluding tert-OH is 1. The van der Waals surface area contributed by atoms with Crippen molar-refractivity contribution in [1.82, 2.24) is 20.3 Å². The quantitative estimate of drug-likeness (QED) is 0.328. The predicted molar refractivity (Wildman–Crippen MR) is 153 cm³/mol. The van der Waals surface area contributed by atoms with Crippen LogP contribution in [0.5, 0.6) is 5.88 Å². The van der Waals surface area contributed by atoms with Crippen LogP contribution in [0.1, 0.15) is 88.8 Å². The van der Waals surface area contributed by atoms with Crippen molar-refractivity contribution in [1.29, 1.82) is 0 Å². The molecule has 2 aromatic heterocycles. The van der Waals surface area contributed by atoms with Crippen LogP contribution in [0.3, 0.4) is 0 Å². The van der Waals surface area contributed by atoms with Crippen molar-refractivity contribution < 1.29 is 14.6 Å². The number of nitrogens with one attached hydrogen (secondary N) is 2. The van der Waals surface area contributed by atoms with Crippen molar-refractivity contribution >= 4 is 5.91 Å². The molecular formula is C32H42N4O3. The first-order valence-electron chi connectivity index (χ1n) is 14.3. The van der Waals surface area contributed by atoms with Gasteiger partial charge >= 0.3 is 0 Å². The zero-order chi connectivity index (χ0) is 27.6. The van der Waals surface area contributed by atoms with Gasteiger partial charge in [0.25, 0.3) is 0 Å². The van der Waals surface area contributed by atoms with Crippen LogP contribution in [0.4, 0.5) is 0 Å². The summed E-state index contributed by atoms with van der Waals surface area (Å²) in [6.07, 6.45) is 12.0. The number of imidazole rings is 1. The number of aromatic nitrogens is 3. The van der Waals surface area contributed by atoms with Crippen LogP contribution in [-0.4, -0.2) is 43.7 Å². The van der Waals surface area contributed by atoms with Gasteiger partial charge in [0.15, 0.2) is 0 Å². The Kier molecular flexibility index (Phi) is 7.81. The number of benzene rings is 1. The molecule has 3 N–H and O–H groups in total. The number of ether oxygens (including phenoxy) is 1. The number of aliphatic hydroxyl groups is 1. The van der Waals surface area contributed by atoms with Crippen molar-refractivity contribution in [2.24, 2.45) is 5.41 Å². The van der Waals surface area contributed by atoms with Gasteiger partial charge in [-0.25, -0.2) is 9.97 Å². The van der Waals surface area contributed by atoms with Crippen molar-refractivity contribution in [2.45, 2.75) is 103 Å². The number of nitrogens with zero attached hydrogens (tertiary/aromatic N) is 2. The fraction of sp³-hybridized carbons (Fsp3) is 0.531. The van der Waals surface area contributed by atoms with Crippen LogP contribution in [0.15, 0.2) is 48.9 Å². The molecule has 1 aliphatic heterocycles. The lowest BCUT2D eigenvalue weighted by Gasteiger charge is -2.47. The summed E-state index contributed by atoms with van der Waals surface area (Å²) in [5, 5.41) is 14.4. The number of aromatic amines is 1. The second-order valence-corrected chi connectivity index (χ2v) is 12.8. The average molecular weight is 531 g/mol. The fourth-order valence-electron chi connectivity index (χ4n) is 6.18. The Morgan fingerprint density at radius 2 is 2.05 bits per heavy atom. The molecule has 7 heteroatoms. The molecule has 0 unspecified atom stereocenters. The number of carbonyl (C=O) groups is 1. The number of rotatable bonds is 9. The highest BCUT2D eigenvalue weighted by Gasteiger charge is 2.46. The molecule has 39 heavy (non-hydrogen) atoms. The molecule has 1 spiro atoms. The summed E-state index contributed by atoms with van der Waals surface area (Å²) >= 11 is 0. The average Bonchev–Trinajstić information content (AvgIpc) is 3.40. The number of carbonyl (C=O) groups excluding carboxylic acids is 1. The molecule has 3 heterocycles. The highest BCUT2D eigenvalue weighted by atomic mass is 16.5. The molecule has 1 saturated carbocycles. The SMILES string of the molecule is CC(=O)N[C@@H](Cc1cccc(-c2ncc[nH]2)c1)[C@H](O)CC[C@H]1CC2(CCC2)Oc2ncc(CC(C)(C)C)cc21. The Bertz CT molecular complexity index is 1280. The molecule has 3 atom stereocenters. The lowest BCUT2D eigenvalue weighted by Crippen LogP contribution is -2.47. The molecule has 1 aliphatic carbocycles. The van der Waals surface area contributed by atoms with Gasteiger partial charge in [0, 0.05) is 36.6 Å². The maximum absolute atomic E-state index is 12.1. The van der Waals surface area contributed by atoms with E-state index in [1.54, 1.807) is 12.4 Å². The van der Waals surface area contributed by atoms with E-state index in [0.29, 0.717) is 12.8 Å². The van der Waals surface area contributed by atoms with E-state index in [1.807, 2.05) is 24.4 Å². The highest BCUT2D eigenvalue weighted by Crippen LogP contribution is 2.50. The number of hydrogen-bond donors (Lipinski definition) is 3. The maximum atomic E-state index is 12.1. The minimum absolute atomic E-state index is 0.107. The van der Waals surface area contributed by atoms with E-state index in [0.717, 1.165) is 54.9 Å². The van der Waals surface area contributed by atoms with E-state index < -0.39 is 6.10 Å². The first kappa shape index (κ1) is 27.4. The summed E-state index contributed by atoms with van der Waals surface area (Å²) in [5.41, 5.74) is 4.49. The molecule has 5 rings (SSSR count). The van der Waals surface area contributed by atoms with E-state index in [2.05, 4.69) is 48.2 Å². The second-order valence-electron chi connectivity index (χ2n) is 12.8. The molecule has 2 aliphatic rings. The Morgan fingerprint density at radius 3 is 2.72 bits per heavy atom. The number of hydrogen-bond acceptors (Lipinski definition) is 5. The van der Waals surface area contributed by atoms with Crippen LogP contribution in [0.25, 0.3) is 11.4 Å². The summed E-state index contributed by atoms with van der Waals surface area (Å²) in [6, 6.07) is 10.00. The molecule has 1 fully saturated rings. The van der Waals surface area contributed by atoms with E-state index in [4.69, 9.17) is 9.72 Å². The van der Waals surface area contributed by atoms with Crippen LogP contribution in [0.2, 0.25) is 0 Å². The lowest BCUT2D eigenvalue weighted by molar-refractivity contribution is -0.120. The van der Waals surface area contributed by atoms with E-state index >= 15 is 0 Å². The standard InChI is InChI=1S/C32H42N4O3/c1-21(37)36-27(17-22-7-5-8-24(15-22)29-33-13-14-34-29)28(38)10-9-25-19-32(11-6-12-32)39-30-26(25)16-23(20-35-30)18-31(2,3)4/h5,7-8,13-16,20,25,27-28,38H,6,9-12,17-19H2,1-4H3,(H,33,34)(H,36,37)/t25-,27-,28+/m0/s1. The number of amides is 1. The van der Waals surface area contributed by atoms with Crippen molar-refractivity contribution in [2.75, 3.05) is 0 Å². The van der Waals surface area contributed by atoms with Crippen LogP contribution >= 0.6 is 0 Å². The van der Waals surface area contributed by atoms with Crippen molar-refractivity contribution in [3.05, 3.63) is 65.6 Å².